The second-order valence-corrected chi connectivity index (χ2v) is 6.35. The van der Waals surface area contributed by atoms with Crippen molar-refractivity contribution < 1.29 is 4.79 Å². The number of amides is 1. The van der Waals surface area contributed by atoms with Crippen LogP contribution in [0.4, 0.5) is 0 Å². The molecule has 1 aromatic carbocycles. The number of nitrogens with two attached hydrogens (primary N) is 1. The van der Waals surface area contributed by atoms with Gasteiger partial charge in [0.15, 0.2) is 0 Å². The van der Waals surface area contributed by atoms with E-state index in [4.69, 9.17) is 17.3 Å². The summed E-state index contributed by atoms with van der Waals surface area (Å²) in [6.45, 7) is 4.60. The molecule has 0 aliphatic heterocycles. The summed E-state index contributed by atoms with van der Waals surface area (Å²) in [5, 5.41) is 3.66. The largest absolute Gasteiger partial charge is 0.345 e. The standard InChI is InChI=1S/C16H23ClN2O/c1-11-6-7-13(14(17)9-11)15(20)19-16(10-18)8-4-3-5-12(16)2/h6-7,9,12H,3-5,8,10,18H2,1-2H3,(H,19,20). The minimum absolute atomic E-state index is 0.116. The number of carbonyl (C=O) groups excluding carboxylic acids is 1. The summed E-state index contributed by atoms with van der Waals surface area (Å²) in [6, 6.07) is 5.50. The van der Waals surface area contributed by atoms with Crippen LogP contribution >= 0.6 is 11.6 Å². The molecule has 1 aliphatic carbocycles. The number of halogens is 1. The SMILES string of the molecule is Cc1ccc(C(=O)NC2(CN)CCCCC2C)c(Cl)c1. The van der Waals surface area contributed by atoms with Crippen LogP contribution in [0.15, 0.2) is 18.2 Å². The van der Waals surface area contributed by atoms with Crippen LogP contribution in [0, 0.1) is 12.8 Å². The molecule has 0 radical (unpaired) electrons. The molecule has 3 nitrogen and oxygen atoms in total. The second-order valence-electron chi connectivity index (χ2n) is 5.94. The Balaban J connectivity index is 2.20. The van der Waals surface area contributed by atoms with E-state index in [0.717, 1.165) is 24.8 Å². The Morgan fingerprint density at radius 3 is 2.85 bits per heavy atom. The molecule has 0 bridgehead atoms. The van der Waals surface area contributed by atoms with Gasteiger partial charge in [-0.2, -0.15) is 0 Å². The average Bonchev–Trinajstić information content (AvgIpc) is 2.41. The van der Waals surface area contributed by atoms with Crippen molar-refractivity contribution in [2.24, 2.45) is 11.7 Å². The number of carbonyl (C=O) groups is 1. The fraction of sp³-hybridized carbons (Fsp3) is 0.562. The van der Waals surface area contributed by atoms with E-state index in [1.807, 2.05) is 19.1 Å². The normalized spacial score (nSPS) is 26.3. The lowest BCUT2D eigenvalue weighted by Crippen LogP contribution is -2.59. The Labute approximate surface area is 125 Å². The molecule has 3 N–H and O–H groups in total. The van der Waals surface area contributed by atoms with E-state index in [9.17, 15) is 4.79 Å². The minimum Gasteiger partial charge on any atom is -0.345 e. The van der Waals surface area contributed by atoms with Crippen LogP contribution in [0.5, 0.6) is 0 Å². The molecule has 2 unspecified atom stereocenters. The lowest BCUT2D eigenvalue weighted by atomic mass is 9.73. The number of benzene rings is 1. The van der Waals surface area contributed by atoms with E-state index in [-0.39, 0.29) is 11.4 Å². The van der Waals surface area contributed by atoms with Gasteiger partial charge in [-0.1, -0.05) is 37.4 Å². The summed E-state index contributed by atoms with van der Waals surface area (Å²) in [5.74, 6) is 0.281. The van der Waals surface area contributed by atoms with Crippen molar-refractivity contribution in [2.45, 2.75) is 45.1 Å². The van der Waals surface area contributed by atoms with Crippen LogP contribution < -0.4 is 11.1 Å². The zero-order valence-corrected chi connectivity index (χ0v) is 13.0. The molecule has 2 rings (SSSR count). The Hall–Kier alpha value is -1.06. The summed E-state index contributed by atoms with van der Waals surface area (Å²) >= 11 is 6.17. The molecule has 1 amide bonds. The first-order valence-corrected chi connectivity index (χ1v) is 7.65. The molecule has 1 aromatic rings. The molecule has 1 fully saturated rings. The van der Waals surface area contributed by atoms with Crippen LogP contribution in [-0.4, -0.2) is 18.0 Å². The molecule has 20 heavy (non-hydrogen) atoms. The molecule has 1 aliphatic rings. The van der Waals surface area contributed by atoms with Crippen molar-refractivity contribution >= 4 is 17.5 Å². The minimum atomic E-state index is -0.288. The molecule has 4 heteroatoms. The van der Waals surface area contributed by atoms with Crippen LogP contribution in [0.3, 0.4) is 0 Å². The van der Waals surface area contributed by atoms with E-state index in [1.54, 1.807) is 6.07 Å². The number of rotatable bonds is 3. The van der Waals surface area contributed by atoms with Crippen molar-refractivity contribution in [3.05, 3.63) is 34.3 Å². The van der Waals surface area contributed by atoms with E-state index < -0.39 is 0 Å². The van der Waals surface area contributed by atoms with Gasteiger partial charge < -0.3 is 11.1 Å². The maximum Gasteiger partial charge on any atom is 0.253 e. The smallest absolute Gasteiger partial charge is 0.253 e. The summed E-state index contributed by atoms with van der Waals surface area (Å²) in [5.41, 5.74) is 7.26. The zero-order valence-electron chi connectivity index (χ0n) is 12.2. The maximum absolute atomic E-state index is 12.5. The van der Waals surface area contributed by atoms with Crippen LogP contribution in [0.1, 0.15) is 48.5 Å². The van der Waals surface area contributed by atoms with Crippen molar-refractivity contribution in [3.63, 3.8) is 0 Å². The highest BCUT2D eigenvalue weighted by Gasteiger charge is 2.38. The number of aryl methyl sites for hydroxylation is 1. The first-order chi connectivity index (χ1) is 9.48. The first kappa shape index (κ1) is 15.3. The number of hydrogen-bond acceptors (Lipinski definition) is 2. The zero-order chi connectivity index (χ0) is 14.8. The van der Waals surface area contributed by atoms with Crippen molar-refractivity contribution in [1.82, 2.24) is 5.32 Å². The third-order valence-electron chi connectivity index (χ3n) is 4.55. The van der Waals surface area contributed by atoms with Gasteiger partial charge in [0.25, 0.3) is 5.91 Å². The Kier molecular flexibility index (Phi) is 4.71. The maximum atomic E-state index is 12.5. The van der Waals surface area contributed by atoms with Gasteiger partial charge in [-0.3, -0.25) is 4.79 Å². The predicted octanol–water partition coefficient (Wildman–Crippen LogP) is 3.29. The van der Waals surface area contributed by atoms with Gasteiger partial charge in [0.1, 0.15) is 0 Å². The van der Waals surface area contributed by atoms with Gasteiger partial charge in [0.05, 0.1) is 16.1 Å². The van der Waals surface area contributed by atoms with Gasteiger partial charge in [-0.15, -0.1) is 0 Å². The summed E-state index contributed by atoms with van der Waals surface area (Å²) in [7, 11) is 0. The third-order valence-corrected chi connectivity index (χ3v) is 4.86. The molecule has 110 valence electrons. The topological polar surface area (TPSA) is 55.1 Å². The fourth-order valence-corrected chi connectivity index (χ4v) is 3.37. The molecule has 0 heterocycles. The van der Waals surface area contributed by atoms with Crippen LogP contribution in [-0.2, 0) is 0 Å². The van der Waals surface area contributed by atoms with E-state index in [1.165, 1.54) is 6.42 Å². The predicted molar refractivity (Wildman–Crippen MR) is 83.1 cm³/mol. The highest BCUT2D eigenvalue weighted by Crippen LogP contribution is 2.33. The molecule has 0 aromatic heterocycles. The number of hydrogen-bond donors (Lipinski definition) is 2. The third kappa shape index (κ3) is 2.99. The summed E-state index contributed by atoms with van der Waals surface area (Å²) in [6.07, 6.45) is 4.38. The molecule has 0 spiro atoms. The quantitative estimate of drug-likeness (QED) is 0.899. The molecular formula is C16H23ClN2O. The Morgan fingerprint density at radius 1 is 1.50 bits per heavy atom. The lowest BCUT2D eigenvalue weighted by molar-refractivity contribution is 0.0813. The molecular weight excluding hydrogens is 272 g/mol. The molecule has 0 saturated heterocycles. The highest BCUT2D eigenvalue weighted by molar-refractivity contribution is 6.33. The summed E-state index contributed by atoms with van der Waals surface area (Å²) in [4.78, 5) is 12.5. The van der Waals surface area contributed by atoms with Gasteiger partial charge >= 0.3 is 0 Å². The van der Waals surface area contributed by atoms with Crippen molar-refractivity contribution in [1.29, 1.82) is 0 Å². The Morgan fingerprint density at radius 2 is 2.25 bits per heavy atom. The van der Waals surface area contributed by atoms with Crippen molar-refractivity contribution in [2.75, 3.05) is 6.54 Å². The van der Waals surface area contributed by atoms with E-state index in [2.05, 4.69) is 12.2 Å². The average molecular weight is 295 g/mol. The van der Waals surface area contributed by atoms with Crippen LogP contribution in [0.25, 0.3) is 0 Å². The first-order valence-electron chi connectivity index (χ1n) is 7.27. The Bertz CT molecular complexity index is 503. The fourth-order valence-electron chi connectivity index (χ4n) is 3.05. The highest BCUT2D eigenvalue weighted by atomic mass is 35.5. The molecule has 2 atom stereocenters. The van der Waals surface area contributed by atoms with E-state index >= 15 is 0 Å². The van der Waals surface area contributed by atoms with Gasteiger partial charge in [0, 0.05) is 6.54 Å². The van der Waals surface area contributed by atoms with Gasteiger partial charge in [0.2, 0.25) is 0 Å². The van der Waals surface area contributed by atoms with Gasteiger partial charge in [-0.05, 0) is 43.4 Å². The van der Waals surface area contributed by atoms with Crippen LogP contribution in [0.2, 0.25) is 5.02 Å². The van der Waals surface area contributed by atoms with Gasteiger partial charge in [-0.25, -0.2) is 0 Å². The monoisotopic (exact) mass is 294 g/mol. The second kappa shape index (κ2) is 6.15. The summed E-state index contributed by atoms with van der Waals surface area (Å²) < 4.78 is 0. The number of nitrogens with one attached hydrogen (secondary N) is 1. The van der Waals surface area contributed by atoms with E-state index in [0.29, 0.717) is 23.0 Å². The molecule has 1 saturated carbocycles. The lowest BCUT2D eigenvalue weighted by Gasteiger charge is -2.42. The van der Waals surface area contributed by atoms with Crippen molar-refractivity contribution in [3.8, 4) is 0 Å².